The standard InChI is InChI=1S/C12H16N4O7/c1-4(18)15-6(3-17)8(20)9(21)11(15)16-5(10(13)22)2-7(19)14-12(16)23/h2,6,8-9,11,17,20-21H,3H2,1H3,(H2,13,22)(H,14,19,23)/t6-,8-,9-,11-/m0/s1. The van der Waals surface area contributed by atoms with Crippen LogP contribution >= 0.6 is 0 Å². The first-order valence-electron chi connectivity index (χ1n) is 6.62. The molecule has 1 saturated heterocycles. The second kappa shape index (κ2) is 5.95. The quantitative estimate of drug-likeness (QED) is 0.376. The number of primary amides is 1. The zero-order chi connectivity index (χ0) is 17.5. The van der Waals surface area contributed by atoms with Gasteiger partial charge in [-0.1, -0.05) is 0 Å². The third kappa shape index (κ3) is 2.65. The molecule has 11 nitrogen and oxygen atoms in total. The van der Waals surface area contributed by atoms with Gasteiger partial charge in [0.15, 0.2) is 0 Å². The van der Waals surface area contributed by atoms with Gasteiger partial charge in [0, 0.05) is 13.0 Å². The number of H-pyrrole nitrogens is 1. The molecule has 1 aliphatic rings. The summed E-state index contributed by atoms with van der Waals surface area (Å²) in [5, 5.41) is 29.5. The van der Waals surface area contributed by atoms with E-state index in [0.717, 1.165) is 17.9 Å². The number of aliphatic hydroxyl groups excluding tert-OH is 3. The lowest BCUT2D eigenvalue weighted by atomic mass is 10.1. The number of nitrogens with zero attached hydrogens (tertiary/aromatic N) is 2. The van der Waals surface area contributed by atoms with Crippen molar-refractivity contribution in [3.63, 3.8) is 0 Å². The molecule has 1 aliphatic heterocycles. The fourth-order valence-electron chi connectivity index (χ4n) is 2.78. The summed E-state index contributed by atoms with van der Waals surface area (Å²) in [7, 11) is 0. The van der Waals surface area contributed by atoms with Gasteiger partial charge in [-0.25, -0.2) is 4.79 Å². The topological polar surface area (TPSA) is 179 Å². The smallest absolute Gasteiger partial charge is 0.330 e. The van der Waals surface area contributed by atoms with Crippen LogP contribution in [0, 0.1) is 0 Å². The highest BCUT2D eigenvalue weighted by molar-refractivity contribution is 5.91. The first kappa shape index (κ1) is 16.9. The number of carbonyl (C=O) groups is 2. The molecule has 2 amide bonds. The molecule has 0 unspecified atom stereocenters. The molecule has 0 spiro atoms. The van der Waals surface area contributed by atoms with Crippen molar-refractivity contribution < 1.29 is 24.9 Å². The van der Waals surface area contributed by atoms with E-state index in [2.05, 4.69) is 0 Å². The molecule has 4 atom stereocenters. The van der Waals surface area contributed by atoms with E-state index < -0.39 is 59.8 Å². The number of aromatic nitrogens is 2. The number of carbonyl (C=O) groups excluding carboxylic acids is 2. The Balaban J connectivity index is 2.73. The molecule has 0 aromatic carbocycles. The lowest BCUT2D eigenvalue weighted by Crippen LogP contribution is -2.48. The Hall–Kier alpha value is -2.50. The fraction of sp³-hybridized carbons (Fsp3) is 0.500. The molecule has 0 aliphatic carbocycles. The van der Waals surface area contributed by atoms with Crippen LogP contribution in [0.2, 0.25) is 0 Å². The first-order chi connectivity index (χ1) is 10.7. The van der Waals surface area contributed by atoms with Crippen LogP contribution in [0.15, 0.2) is 15.7 Å². The molecule has 2 rings (SSSR count). The molecule has 23 heavy (non-hydrogen) atoms. The normalized spacial score (nSPS) is 27.2. The van der Waals surface area contributed by atoms with Crippen LogP contribution in [0.25, 0.3) is 0 Å². The minimum Gasteiger partial charge on any atom is -0.394 e. The number of likely N-dealkylation sites (tertiary alicyclic amines) is 1. The zero-order valence-electron chi connectivity index (χ0n) is 12.0. The molecule has 0 bridgehead atoms. The van der Waals surface area contributed by atoms with Gasteiger partial charge < -0.3 is 26.0 Å². The van der Waals surface area contributed by atoms with Gasteiger partial charge in [-0.2, -0.15) is 0 Å². The van der Waals surface area contributed by atoms with Gasteiger partial charge in [0.25, 0.3) is 11.5 Å². The summed E-state index contributed by atoms with van der Waals surface area (Å²) in [5.74, 6) is -1.80. The van der Waals surface area contributed by atoms with Crippen LogP contribution in [-0.4, -0.2) is 66.4 Å². The monoisotopic (exact) mass is 328 g/mol. The predicted molar refractivity (Wildman–Crippen MR) is 74.3 cm³/mol. The number of nitrogens with two attached hydrogens (primary N) is 1. The Morgan fingerprint density at radius 1 is 1.30 bits per heavy atom. The number of hydrogen-bond donors (Lipinski definition) is 5. The van der Waals surface area contributed by atoms with E-state index in [0.29, 0.717) is 4.57 Å². The Labute approximate surface area is 128 Å². The molecular weight excluding hydrogens is 312 g/mol. The highest BCUT2D eigenvalue weighted by Crippen LogP contribution is 2.32. The minimum atomic E-state index is -1.68. The van der Waals surface area contributed by atoms with Crippen molar-refractivity contribution in [1.82, 2.24) is 14.5 Å². The number of aliphatic hydroxyl groups is 3. The van der Waals surface area contributed by atoms with Crippen molar-refractivity contribution >= 4 is 11.8 Å². The fourth-order valence-corrected chi connectivity index (χ4v) is 2.78. The lowest BCUT2D eigenvalue weighted by molar-refractivity contribution is -0.136. The summed E-state index contributed by atoms with van der Waals surface area (Å²) >= 11 is 0. The van der Waals surface area contributed by atoms with E-state index in [-0.39, 0.29) is 0 Å². The van der Waals surface area contributed by atoms with Crippen LogP contribution in [0.5, 0.6) is 0 Å². The second-order valence-electron chi connectivity index (χ2n) is 5.13. The average molecular weight is 328 g/mol. The van der Waals surface area contributed by atoms with Crippen molar-refractivity contribution in [2.24, 2.45) is 5.73 Å². The largest absolute Gasteiger partial charge is 0.394 e. The van der Waals surface area contributed by atoms with Crippen molar-refractivity contribution in [2.75, 3.05) is 6.61 Å². The van der Waals surface area contributed by atoms with E-state index in [4.69, 9.17) is 5.73 Å². The van der Waals surface area contributed by atoms with Crippen molar-refractivity contribution in [3.05, 3.63) is 32.6 Å². The van der Waals surface area contributed by atoms with Crippen LogP contribution in [0.1, 0.15) is 23.6 Å². The molecule has 1 aromatic heterocycles. The number of aromatic amines is 1. The Kier molecular flexibility index (Phi) is 4.36. The Morgan fingerprint density at radius 3 is 2.39 bits per heavy atom. The van der Waals surface area contributed by atoms with Gasteiger partial charge in [0.2, 0.25) is 5.91 Å². The van der Waals surface area contributed by atoms with E-state index in [9.17, 15) is 34.5 Å². The van der Waals surface area contributed by atoms with Crippen molar-refractivity contribution in [2.45, 2.75) is 31.3 Å². The summed E-state index contributed by atoms with van der Waals surface area (Å²) in [6, 6.07) is -0.444. The molecule has 0 radical (unpaired) electrons. The second-order valence-corrected chi connectivity index (χ2v) is 5.13. The van der Waals surface area contributed by atoms with Gasteiger partial charge in [-0.3, -0.25) is 23.9 Å². The Morgan fingerprint density at radius 2 is 1.91 bits per heavy atom. The maximum absolute atomic E-state index is 12.1. The van der Waals surface area contributed by atoms with Gasteiger partial charge in [-0.05, 0) is 0 Å². The highest BCUT2D eigenvalue weighted by Gasteiger charge is 2.50. The molecular formula is C12H16N4O7. The molecule has 0 saturated carbocycles. The zero-order valence-corrected chi connectivity index (χ0v) is 12.0. The molecule has 2 heterocycles. The summed E-state index contributed by atoms with van der Waals surface area (Å²) in [5.41, 5.74) is 2.62. The van der Waals surface area contributed by atoms with E-state index in [1.54, 1.807) is 0 Å². The Bertz CT molecular complexity index is 755. The average Bonchev–Trinajstić information content (AvgIpc) is 2.70. The SMILES string of the molecule is CC(=O)N1[C@@H](CO)[C@H](O)[C@H](O)[C@@H]1n1c(C(N)=O)cc(=O)[nH]c1=O. The summed E-state index contributed by atoms with van der Waals surface area (Å²) < 4.78 is 0.620. The van der Waals surface area contributed by atoms with Gasteiger partial charge in [0.1, 0.15) is 24.1 Å². The lowest BCUT2D eigenvalue weighted by Gasteiger charge is -2.30. The number of hydrogen-bond acceptors (Lipinski definition) is 7. The van der Waals surface area contributed by atoms with Gasteiger partial charge >= 0.3 is 5.69 Å². The summed E-state index contributed by atoms with van der Waals surface area (Å²) in [6.45, 7) is 0.416. The van der Waals surface area contributed by atoms with Gasteiger partial charge in [0.05, 0.1) is 12.6 Å². The minimum absolute atomic E-state index is 0.542. The molecule has 6 N–H and O–H groups in total. The molecule has 11 heteroatoms. The van der Waals surface area contributed by atoms with Crippen molar-refractivity contribution in [1.29, 1.82) is 0 Å². The van der Waals surface area contributed by atoms with Crippen LogP contribution < -0.4 is 17.0 Å². The first-order valence-corrected chi connectivity index (χ1v) is 6.62. The molecule has 1 fully saturated rings. The molecule has 1 aromatic rings. The predicted octanol–water partition coefficient (Wildman–Crippen LogP) is -3.92. The van der Waals surface area contributed by atoms with Crippen molar-refractivity contribution in [3.8, 4) is 0 Å². The van der Waals surface area contributed by atoms with Crippen LogP contribution in [0.3, 0.4) is 0 Å². The summed E-state index contributed by atoms with van der Waals surface area (Å²) in [4.78, 5) is 49.5. The van der Waals surface area contributed by atoms with Gasteiger partial charge in [-0.15, -0.1) is 0 Å². The van der Waals surface area contributed by atoms with Crippen LogP contribution in [0.4, 0.5) is 0 Å². The number of nitrogens with one attached hydrogen (secondary N) is 1. The van der Waals surface area contributed by atoms with E-state index in [1.165, 1.54) is 0 Å². The third-order valence-electron chi connectivity index (χ3n) is 3.74. The summed E-state index contributed by atoms with van der Waals surface area (Å²) in [6.07, 6.45) is -4.75. The maximum atomic E-state index is 12.1. The highest BCUT2D eigenvalue weighted by atomic mass is 16.3. The number of rotatable bonds is 3. The van der Waals surface area contributed by atoms with E-state index >= 15 is 0 Å². The van der Waals surface area contributed by atoms with Crippen LogP contribution in [-0.2, 0) is 4.79 Å². The third-order valence-corrected chi connectivity index (χ3v) is 3.74. The number of amides is 2. The van der Waals surface area contributed by atoms with E-state index in [1.807, 2.05) is 4.98 Å². The molecule has 126 valence electrons. The maximum Gasteiger partial charge on any atom is 0.330 e.